The minimum Gasteiger partial charge on any atom is -0.406 e. The van der Waals surface area contributed by atoms with Gasteiger partial charge in [-0.05, 0) is 43.4 Å². The van der Waals surface area contributed by atoms with E-state index in [2.05, 4.69) is 27.3 Å². The lowest BCUT2D eigenvalue weighted by Crippen LogP contribution is -2.39. The van der Waals surface area contributed by atoms with Crippen molar-refractivity contribution in [3.8, 4) is 5.75 Å². The molecule has 1 aromatic rings. The Morgan fingerprint density at radius 2 is 1.92 bits per heavy atom. The lowest BCUT2D eigenvalue weighted by molar-refractivity contribution is -0.274. The molecule has 0 amide bonds. The first kappa shape index (κ1) is 20.9. The molecule has 1 aliphatic carbocycles. The van der Waals surface area contributed by atoms with Crippen LogP contribution in [-0.2, 0) is 6.42 Å². The van der Waals surface area contributed by atoms with E-state index < -0.39 is 6.36 Å². The highest BCUT2D eigenvalue weighted by molar-refractivity contribution is 14.0. The van der Waals surface area contributed by atoms with E-state index in [0.717, 1.165) is 24.5 Å². The number of nitrogens with zero attached hydrogens (tertiary/aromatic N) is 1. The second kappa shape index (κ2) is 9.33. The third kappa shape index (κ3) is 7.59. The van der Waals surface area contributed by atoms with Gasteiger partial charge >= 0.3 is 6.36 Å². The van der Waals surface area contributed by atoms with Gasteiger partial charge in [-0.15, -0.1) is 37.1 Å². The van der Waals surface area contributed by atoms with Crippen molar-refractivity contribution in [3.63, 3.8) is 0 Å². The number of rotatable bonds is 6. The Balaban J connectivity index is 0.00000288. The van der Waals surface area contributed by atoms with Crippen LogP contribution in [0.2, 0.25) is 0 Å². The molecule has 8 heteroatoms. The number of alkyl halides is 3. The van der Waals surface area contributed by atoms with Crippen LogP contribution in [0.15, 0.2) is 29.3 Å². The SMILES string of the molecule is CCNC(=NCCc1ccc(OC(F)(F)F)cc1)NC1CC1C.I. The quantitative estimate of drug-likeness (QED) is 0.389. The van der Waals surface area contributed by atoms with Gasteiger partial charge in [0, 0.05) is 19.1 Å². The zero-order valence-corrected chi connectivity index (χ0v) is 16.0. The standard InChI is InChI=1S/C16H22F3N3O.HI/c1-3-20-15(22-14-10-11(14)2)21-9-8-12-4-6-13(7-5-12)23-16(17,18)19;/h4-7,11,14H,3,8-10H2,1-2H3,(H2,20,21,22);1H. The lowest BCUT2D eigenvalue weighted by atomic mass is 10.1. The van der Waals surface area contributed by atoms with Crippen molar-refractivity contribution in [2.45, 2.75) is 39.1 Å². The topological polar surface area (TPSA) is 45.7 Å². The van der Waals surface area contributed by atoms with Gasteiger partial charge in [-0.2, -0.15) is 0 Å². The van der Waals surface area contributed by atoms with Crippen LogP contribution >= 0.6 is 24.0 Å². The Hall–Kier alpha value is -1.19. The number of benzene rings is 1. The Morgan fingerprint density at radius 1 is 1.29 bits per heavy atom. The average Bonchev–Trinajstić information content (AvgIpc) is 3.14. The summed E-state index contributed by atoms with van der Waals surface area (Å²) < 4.78 is 40.1. The van der Waals surface area contributed by atoms with Gasteiger partial charge < -0.3 is 15.4 Å². The van der Waals surface area contributed by atoms with Crippen molar-refractivity contribution in [2.24, 2.45) is 10.9 Å². The highest BCUT2D eigenvalue weighted by atomic mass is 127. The second-order valence-corrected chi connectivity index (χ2v) is 5.67. The first-order valence-corrected chi connectivity index (χ1v) is 7.77. The highest BCUT2D eigenvalue weighted by Gasteiger charge is 2.33. The predicted molar refractivity (Wildman–Crippen MR) is 98.9 cm³/mol. The van der Waals surface area contributed by atoms with Crippen LogP contribution < -0.4 is 15.4 Å². The molecule has 0 heterocycles. The van der Waals surface area contributed by atoms with Crippen molar-refractivity contribution in [1.82, 2.24) is 10.6 Å². The fraction of sp³-hybridized carbons (Fsp3) is 0.562. The average molecular weight is 457 g/mol. The van der Waals surface area contributed by atoms with E-state index in [-0.39, 0.29) is 29.7 Å². The van der Waals surface area contributed by atoms with E-state index in [4.69, 9.17) is 0 Å². The van der Waals surface area contributed by atoms with Gasteiger partial charge in [0.25, 0.3) is 0 Å². The van der Waals surface area contributed by atoms with Gasteiger partial charge in [0.2, 0.25) is 0 Å². The first-order chi connectivity index (χ1) is 10.9. The van der Waals surface area contributed by atoms with E-state index in [1.54, 1.807) is 12.1 Å². The smallest absolute Gasteiger partial charge is 0.406 e. The van der Waals surface area contributed by atoms with Gasteiger partial charge in [0.1, 0.15) is 5.75 Å². The van der Waals surface area contributed by atoms with Crippen molar-refractivity contribution in [2.75, 3.05) is 13.1 Å². The molecule has 0 bridgehead atoms. The van der Waals surface area contributed by atoms with Crippen molar-refractivity contribution >= 4 is 29.9 Å². The molecule has 1 fully saturated rings. The summed E-state index contributed by atoms with van der Waals surface area (Å²) in [5.41, 5.74) is 0.916. The summed E-state index contributed by atoms with van der Waals surface area (Å²) >= 11 is 0. The molecule has 0 aliphatic heterocycles. The van der Waals surface area contributed by atoms with Gasteiger partial charge in [0.05, 0.1) is 0 Å². The number of aliphatic imine (C=N–C) groups is 1. The van der Waals surface area contributed by atoms with E-state index in [1.165, 1.54) is 12.1 Å². The van der Waals surface area contributed by atoms with E-state index >= 15 is 0 Å². The number of guanidine groups is 1. The zero-order valence-electron chi connectivity index (χ0n) is 13.7. The van der Waals surface area contributed by atoms with Gasteiger partial charge in [-0.25, -0.2) is 0 Å². The molecule has 136 valence electrons. The number of halogens is 4. The first-order valence-electron chi connectivity index (χ1n) is 7.77. The molecule has 2 N–H and O–H groups in total. The van der Waals surface area contributed by atoms with Crippen molar-refractivity contribution < 1.29 is 17.9 Å². The summed E-state index contributed by atoms with van der Waals surface area (Å²) in [5.74, 6) is 1.27. The number of hydrogen-bond acceptors (Lipinski definition) is 2. The number of ether oxygens (including phenoxy) is 1. The molecule has 0 radical (unpaired) electrons. The fourth-order valence-corrected chi connectivity index (χ4v) is 2.17. The lowest BCUT2D eigenvalue weighted by Gasteiger charge is -2.11. The highest BCUT2D eigenvalue weighted by Crippen LogP contribution is 2.28. The molecular weight excluding hydrogens is 434 g/mol. The van der Waals surface area contributed by atoms with E-state index in [0.29, 0.717) is 24.9 Å². The van der Waals surface area contributed by atoms with Crippen molar-refractivity contribution in [1.29, 1.82) is 0 Å². The molecule has 0 spiro atoms. The number of nitrogens with one attached hydrogen (secondary N) is 2. The maximum atomic E-state index is 12.1. The maximum Gasteiger partial charge on any atom is 0.573 e. The normalized spacial score (nSPS) is 20.1. The molecule has 0 aromatic heterocycles. The third-order valence-corrected chi connectivity index (χ3v) is 3.60. The van der Waals surface area contributed by atoms with Crippen LogP contribution in [0, 0.1) is 5.92 Å². The van der Waals surface area contributed by atoms with Crippen LogP contribution in [0.5, 0.6) is 5.75 Å². The molecule has 1 aliphatic rings. The van der Waals surface area contributed by atoms with Crippen LogP contribution in [-0.4, -0.2) is 31.5 Å². The molecule has 4 nitrogen and oxygen atoms in total. The zero-order chi connectivity index (χ0) is 16.9. The summed E-state index contributed by atoms with van der Waals surface area (Å²) in [6, 6.07) is 6.38. The fourth-order valence-electron chi connectivity index (χ4n) is 2.17. The van der Waals surface area contributed by atoms with Crippen LogP contribution in [0.1, 0.15) is 25.8 Å². The van der Waals surface area contributed by atoms with Crippen LogP contribution in [0.25, 0.3) is 0 Å². The third-order valence-electron chi connectivity index (χ3n) is 3.60. The largest absolute Gasteiger partial charge is 0.573 e. The van der Waals surface area contributed by atoms with Crippen LogP contribution in [0.4, 0.5) is 13.2 Å². The second-order valence-electron chi connectivity index (χ2n) is 5.67. The summed E-state index contributed by atoms with van der Waals surface area (Å²) in [6.07, 6.45) is -2.84. The molecule has 1 aromatic carbocycles. The summed E-state index contributed by atoms with van der Waals surface area (Å²) in [5, 5.41) is 6.55. The minimum atomic E-state index is -4.65. The van der Waals surface area contributed by atoms with E-state index in [1.807, 2.05) is 6.92 Å². The predicted octanol–water partition coefficient (Wildman–Crippen LogP) is 3.71. The van der Waals surface area contributed by atoms with Gasteiger partial charge in [-0.1, -0.05) is 19.1 Å². The Bertz CT molecular complexity index is 534. The Morgan fingerprint density at radius 3 is 2.42 bits per heavy atom. The summed E-state index contributed by atoms with van der Waals surface area (Å²) in [6.45, 7) is 5.55. The maximum absolute atomic E-state index is 12.1. The van der Waals surface area contributed by atoms with E-state index in [9.17, 15) is 13.2 Å². The molecule has 2 atom stereocenters. The molecule has 2 unspecified atom stereocenters. The summed E-state index contributed by atoms with van der Waals surface area (Å²) in [4.78, 5) is 4.49. The Labute approximate surface area is 157 Å². The molecule has 2 rings (SSSR count). The molecule has 0 saturated heterocycles. The monoisotopic (exact) mass is 457 g/mol. The molecule has 1 saturated carbocycles. The van der Waals surface area contributed by atoms with Gasteiger partial charge in [0.15, 0.2) is 5.96 Å². The number of hydrogen-bond donors (Lipinski definition) is 2. The Kier molecular flexibility index (Phi) is 8.11. The summed E-state index contributed by atoms with van der Waals surface area (Å²) in [7, 11) is 0. The van der Waals surface area contributed by atoms with Crippen molar-refractivity contribution in [3.05, 3.63) is 29.8 Å². The molecule has 24 heavy (non-hydrogen) atoms. The van der Waals surface area contributed by atoms with Gasteiger partial charge in [-0.3, -0.25) is 4.99 Å². The van der Waals surface area contributed by atoms with Crippen LogP contribution in [0.3, 0.4) is 0 Å². The molecular formula is C16H23F3IN3O. The minimum absolute atomic E-state index is 0.